The average molecular weight is 236 g/mol. The third kappa shape index (κ3) is 2.09. The molecule has 0 aliphatic carbocycles. The van der Waals surface area contributed by atoms with E-state index < -0.39 is 0 Å². The zero-order valence-electron chi connectivity index (χ0n) is 8.64. The maximum Gasteiger partial charge on any atom is 0.141 e. The van der Waals surface area contributed by atoms with Gasteiger partial charge in [0, 0.05) is 5.56 Å². The van der Waals surface area contributed by atoms with Crippen molar-refractivity contribution in [3.63, 3.8) is 0 Å². The lowest BCUT2D eigenvalue weighted by atomic mass is 10.1. The van der Waals surface area contributed by atoms with E-state index in [1.54, 1.807) is 19.2 Å². The zero-order valence-corrected chi connectivity index (χ0v) is 9.40. The number of benzene rings is 1. The van der Waals surface area contributed by atoms with Crippen LogP contribution in [0.2, 0.25) is 5.15 Å². The van der Waals surface area contributed by atoms with Crippen molar-refractivity contribution in [3.05, 3.63) is 41.6 Å². The van der Waals surface area contributed by atoms with Gasteiger partial charge >= 0.3 is 0 Å². The number of ether oxygens (including phenoxy) is 1. The molecule has 0 fully saturated rings. The van der Waals surface area contributed by atoms with Gasteiger partial charge in [-0.2, -0.15) is 0 Å². The van der Waals surface area contributed by atoms with Gasteiger partial charge in [0.15, 0.2) is 0 Å². The molecule has 1 aromatic carbocycles. The highest BCUT2D eigenvalue weighted by Crippen LogP contribution is 2.30. The average Bonchev–Trinajstić information content (AvgIpc) is 2.32. The first-order valence-electron chi connectivity index (χ1n) is 4.70. The normalized spacial score (nSPS) is 10.1. The number of hydrogen-bond acceptors (Lipinski definition) is 3. The lowest BCUT2D eigenvalue weighted by molar-refractivity contribution is 0.415. The topological polar surface area (TPSA) is 42.4 Å². The molecule has 0 aliphatic heterocycles. The van der Waals surface area contributed by atoms with Gasteiger partial charge in [-0.3, -0.25) is 0 Å². The van der Waals surface area contributed by atoms with E-state index in [9.17, 15) is 5.11 Å². The van der Waals surface area contributed by atoms with Gasteiger partial charge in [-0.1, -0.05) is 23.7 Å². The lowest BCUT2D eigenvalue weighted by Crippen LogP contribution is -1.87. The maximum absolute atomic E-state index is 9.69. The fourth-order valence-electron chi connectivity index (χ4n) is 1.41. The number of hydrogen-bond donors (Lipinski definition) is 1. The van der Waals surface area contributed by atoms with E-state index in [2.05, 4.69) is 4.98 Å². The first-order chi connectivity index (χ1) is 7.70. The molecule has 1 aromatic heterocycles. The van der Waals surface area contributed by atoms with E-state index in [0.29, 0.717) is 16.6 Å². The van der Waals surface area contributed by atoms with Gasteiger partial charge in [0.1, 0.15) is 22.3 Å². The number of halogens is 1. The van der Waals surface area contributed by atoms with E-state index in [1.807, 2.05) is 18.2 Å². The Morgan fingerprint density at radius 1 is 1.25 bits per heavy atom. The molecular weight excluding hydrogens is 226 g/mol. The second-order valence-electron chi connectivity index (χ2n) is 3.23. The Morgan fingerprint density at radius 3 is 2.81 bits per heavy atom. The molecule has 3 nitrogen and oxygen atoms in total. The zero-order chi connectivity index (χ0) is 11.5. The van der Waals surface area contributed by atoms with Crippen molar-refractivity contribution < 1.29 is 9.84 Å². The van der Waals surface area contributed by atoms with Gasteiger partial charge in [0.2, 0.25) is 0 Å². The van der Waals surface area contributed by atoms with Crippen LogP contribution < -0.4 is 4.74 Å². The van der Waals surface area contributed by atoms with Crippen LogP contribution in [0.3, 0.4) is 0 Å². The number of aromatic nitrogens is 1. The van der Waals surface area contributed by atoms with Crippen LogP contribution >= 0.6 is 11.6 Å². The predicted octanol–water partition coefficient (Wildman–Crippen LogP) is 3.12. The van der Waals surface area contributed by atoms with Crippen LogP contribution in [0.5, 0.6) is 11.5 Å². The fourth-order valence-corrected chi connectivity index (χ4v) is 1.56. The van der Waals surface area contributed by atoms with E-state index in [4.69, 9.17) is 16.3 Å². The number of pyridine rings is 1. The van der Waals surface area contributed by atoms with Crippen molar-refractivity contribution in [2.24, 2.45) is 0 Å². The van der Waals surface area contributed by atoms with Crippen molar-refractivity contribution in [2.75, 3.05) is 7.11 Å². The van der Waals surface area contributed by atoms with Crippen molar-refractivity contribution in [1.82, 2.24) is 4.98 Å². The summed E-state index contributed by atoms with van der Waals surface area (Å²) in [6, 6.07) is 10.3. The molecule has 0 saturated heterocycles. The Hall–Kier alpha value is -1.74. The first kappa shape index (κ1) is 10.8. The molecule has 2 rings (SSSR count). The molecule has 4 heteroatoms. The van der Waals surface area contributed by atoms with E-state index >= 15 is 0 Å². The Labute approximate surface area is 98.3 Å². The summed E-state index contributed by atoms with van der Waals surface area (Å²) >= 11 is 5.79. The largest absolute Gasteiger partial charge is 0.506 e. The summed E-state index contributed by atoms with van der Waals surface area (Å²) in [5.41, 5.74) is 1.21. The van der Waals surface area contributed by atoms with Gasteiger partial charge in [-0.05, 0) is 24.3 Å². The highest BCUT2D eigenvalue weighted by atomic mass is 35.5. The molecule has 0 atom stereocenters. The summed E-state index contributed by atoms with van der Waals surface area (Å²) in [5, 5.41) is 10.0. The molecular formula is C12H10ClNO2. The molecule has 0 aliphatic rings. The second kappa shape index (κ2) is 4.41. The van der Waals surface area contributed by atoms with Gasteiger partial charge in [0.25, 0.3) is 0 Å². The first-order valence-corrected chi connectivity index (χ1v) is 5.08. The van der Waals surface area contributed by atoms with Crippen LogP contribution in [0, 0.1) is 0 Å². The van der Waals surface area contributed by atoms with Gasteiger partial charge in [-0.25, -0.2) is 4.98 Å². The van der Waals surface area contributed by atoms with Crippen LogP contribution in [-0.2, 0) is 0 Å². The molecule has 2 aromatic rings. The third-order valence-corrected chi connectivity index (χ3v) is 2.39. The fraction of sp³-hybridized carbons (Fsp3) is 0.0833. The minimum absolute atomic E-state index is 0.0950. The molecule has 0 unspecified atom stereocenters. The van der Waals surface area contributed by atoms with E-state index in [0.717, 1.165) is 5.56 Å². The third-order valence-electron chi connectivity index (χ3n) is 2.18. The molecule has 1 heterocycles. The van der Waals surface area contributed by atoms with Gasteiger partial charge < -0.3 is 9.84 Å². The quantitative estimate of drug-likeness (QED) is 0.814. The summed E-state index contributed by atoms with van der Waals surface area (Å²) in [6.07, 6.45) is 0. The van der Waals surface area contributed by atoms with Crippen LogP contribution in [0.15, 0.2) is 36.4 Å². The Morgan fingerprint density at radius 2 is 2.06 bits per heavy atom. The van der Waals surface area contributed by atoms with Crippen LogP contribution in [0.25, 0.3) is 11.3 Å². The smallest absolute Gasteiger partial charge is 0.141 e. The molecule has 0 amide bonds. The Kier molecular flexibility index (Phi) is 2.97. The van der Waals surface area contributed by atoms with Crippen LogP contribution in [-0.4, -0.2) is 17.2 Å². The Bertz CT molecular complexity index is 514. The lowest BCUT2D eigenvalue weighted by Gasteiger charge is -2.06. The summed E-state index contributed by atoms with van der Waals surface area (Å²) in [6.45, 7) is 0. The maximum atomic E-state index is 9.69. The van der Waals surface area contributed by atoms with Crippen LogP contribution in [0.4, 0.5) is 0 Å². The highest BCUT2D eigenvalue weighted by Gasteiger charge is 2.07. The molecule has 0 radical (unpaired) electrons. The van der Waals surface area contributed by atoms with E-state index in [-0.39, 0.29) is 5.75 Å². The van der Waals surface area contributed by atoms with E-state index in [1.165, 1.54) is 6.07 Å². The summed E-state index contributed by atoms with van der Waals surface area (Å²) in [7, 11) is 1.59. The standard InChI is InChI=1S/C12H10ClNO2/c1-16-9-4-2-3-8(7-9)12-10(15)5-6-11(13)14-12/h2-7,15H,1H3. The molecule has 0 spiro atoms. The number of methoxy groups -OCH3 is 1. The number of aromatic hydroxyl groups is 1. The summed E-state index contributed by atoms with van der Waals surface area (Å²) in [4.78, 5) is 4.08. The SMILES string of the molecule is COc1cccc(-c2nc(Cl)ccc2O)c1. The van der Waals surface area contributed by atoms with Gasteiger partial charge in [-0.15, -0.1) is 0 Å². The van der Waals surface area contributed by atoms with Crippen molar-refractivity contribution in [2.45, 2.75) is 0 Å². The molecule has 0 saturated carbocycles. The van der Waals surface area contributed by atoms with Crippen molar-refractivity contribution >= 4 is 11.6 Å². The van der Waals surface area contributed by atoms with Crippen molar-refractivity contribution in [3.8, 4) is 22.8 Å². The molecule has 1 N–H and O–H groups in total. The summed E-state index contributed by atoms with van der Waals surface area (Å²) in [5.74, 6) is 0.802. The number of nitrogens with zero attached hydrogens (tertiary/aromatic N) is 1. The molecule has 82 valence electrons. The highest BCUT2D eigenvalue weighted by molar-refractivity contribution is 6.29. The number of rotatable bonds is 2. The molecule has 0 bridgehead atoms. The van der Waals surface area contributed by atoms with Crippen molar-refractivity contribution in [1.29, 1.82) is 0 Å². The van der Waals surface area contributed by atoms with Crippen LogP contribution in [0.1, 0.15) is 0 Å². The minimum atomic E-state index is 0.0950. The summed E-state index contributed by atoms with van der Waals surface area (Å²) < 4.78 is 5.10. The molecule has 16 heavy (non-hydrogen) atoms. The van der Waals surface area contributed by atoms with Gasteiger partial charge in [0.05, 0.1) is 7.11 Å². The minimum Gasteiger partial charge on any atom is -0.506 e. The predicted molar refractivity (Wildman–Crippen MR) is 62.9 cm³/mol. The second-order valence-corrected chi connectivity index (χ2v) is 3.62. The monoisotopic (exact) mass is 235 g/mol. The Balaban J connectivity index is 2.53.